The van der Waals surface area contributed by atoms with Gasteiger partial charge in [0.2, 0.25) is 5.91 Å². The van der Waals surface area contributed by atoms with Crippen LogP contribution >= 0.6 is 0 Å². The van der Waals surface area contributed by atoms with Gasteiger partial charge in [-0.3, -0.25) is 14.5 Å². The van der Waals surface area contributed by atoms with E-state index in [1.807, 2.05) is 4.90 Å². The summed E-state index contributed by atoms with van der Waals surface area (Å²) >= 11 is 0. The van der Waals surface area contributed by atoms with Crippen LogP contribution in [0, 0.1) is 0 Å². The monoisotopic (exact) mass is 303 g/mol. The minimum absolute atomic E-state index is 0.0216. The number of nitrogen functional groups attached to an aromatic ring is 1. The van der Waals surface area contributed by atoms with Crippen LogP contribution in [-0.2, 0) is 9.59 Å². The molecule has 1 saturated heterocycles. The molecule has 22 heavy (non-hydrogen) atoms. The molecule has 1 unspecified atom stereocenters. The van der Waals surface area contributed by atoms with Crippen molar-refractivity contribution in [2.45, 2.75) is 32.3 Å². The van der Waals surface area contributed by atoms with Gasteiger partial charge < -0.3 is 15.4 Å². The van der Waals surface area contributed by atoms with Gasteiger partial charge in [0.1, 0.15) is 18.0 Å². The van der Waals surface area contributed by atoms with Crippen LogP contribution < -0.4 is 15.4 Å². The largest absolute Gasteiger partial charge is 0.479 e. The summed E-state index contributed by atoms with van der Waals surface area (Å²) in [6.07, 6.45) is 2.60. The Balaban J connectivity index is 1.85. The molecule has 118 valence electrons. The van der Waals surface area contributed by atoms with E-state index < -0.39 is 6.10 Å². The van der Waals surface area contributed by atoms with Crippen LogP contribution in [-0.4, -0.2) is 42.5 Å². The van der Waals surface area contributed by atoms with E-state index in [4.69, 9.17) is 10.5 Å². The second-order valence-corrected chi connectivity index (χ2v) is 5.82. The summed E-state index contributed by atoms with van der Waals surface area (Å²) in [5.41, 5.74) is 6.95. The molecule has 1 fully saturated rings. The molecule has 2 aliphatic rings. The van der Waals surface area contributed by atoms with Gasteiger partial charge in [0, 0.05) is 13.1 Å². The molecule has 2 aliphatic heterocycles. The lowest BCUT2D eigenvalue weighted by atomic mass is 10.1. The number of anilines is 2. The molecule has 1 atom stereocenters. The van der Waals surface area contributed by atoms with Crippen molar-refractivity contribution in [1.29, 1.82) is 0 Å². The maximum absolute atomic E-state index is 12.5. The van der Waals surface area contributed by atoms with Gasteiger partial charge in [-0.25, -0.2) is 0 Å². The number of carbonyl (C=O) groups excluding carboxylic acids is 2. The molecule has 1 aromatic rings. The van der Waals surface area contributed by atoms with Gasteiger partial charge >= 0.3 is 0 Å². The molecule has 0 spiro atoms. The fourth-order valence-electron chi connectivity index (χ4n) is 3.03. The molecule has 6 nitrogen and oxygen atoms in total. The fourth-order valence-corrected chi connectivity index (χ4v) is 3.03. The number of carbonyl (C=O) groups is 2. The number of hydrogen-bond acceptors (Lipinski definition) is 4. The predicted molar refractivity (Wildman–Crippen MR) is 83.7 cm³/mol. The summed E-state index contributed by atoms with van der Waals surface area (Å²) in [7, 11) is 0. The Bertz CT molecular complexity index is 596. The fraction of sp³-hybridized carbons (Fsp3) is 0.500. The van der Waals surface area contributed by atoms with Gasteiger partial charge in [-0.2, -0.15) is 0 Å². The number of para-hydroxylation sites is 1. The molecular formula is C16H21N3O3. The minimum atomic E-state index is -0.608. The van der Waals surface area contributed by atoms with Crippen LogP contribution in [0.1, 0.15) is 26.2 Å². The van der Waals surface area contributed by atoms with Gasteiger partial charge in [-0.1, -0.05) is 6.07 Å². The molecule has 3 rings (SSSR count). The molecule has 0 bridgehead atoms. The maximum Gasteiger partial charge on any atom is 0.268 e. The first kappa shape index (κ1) is 14.7. The molecule has 2 N–H and O–H groups in total. The second kappa shape index (κ2) is 5.87. The van der Waals surface area contributed by atoms with E-state index >= 15 is 0 Å². The van der Waals surface area contributed by atoms with Gasteiger partial charge in [0.25, 0.3) is 5.91 Å². The number of amides is 2. The Labute approximate surface area is 129 Å². The van der Waals surface area contributed by atoms with Crippen LogP contribution in [0.3, 0.4) is 0 Å². The quantitative estimate of drug-likeness (QED) is 0.838. The van der Waals surface area contributed by atoms with Crippen LogP contribution in [0.4, 0.5) is 11.4 Å². The summed E-state index contributed by atoms with van der Waals surface area (Å²) in [6, 6.07) is 5.26. The first-order valence-electron chi connectivity index (χ1n) is 7.72. The number of benzene rings is 1. The zero-order valence-electron chi connectivity index (χ0n) is 12.7. The lowest BCUT2D eigenvalue weighted by Gasteiger charge is -2.35. The van der Waals surface area contributed by atoms with Gasteiger partial charge in [-0.15, -0.1) is 0 Å². The van der Waals surface area contributed by atoms with Crippen molar-refractivity contribution in [3.05, 3.63) is 18.2 Å². The summed E-state index contributed by atoms with van der Waals surface area (Å²) < 4.78 is 5.59. The molecule has 2 heterocycles. The molecule has 6 heteroatoms. The summed E-state index contributed by atoms with van der Waals surface area (Å²) in [5.74, 6) is 0.297. The van der Waals surface area contributed by atoms with E-state index in [1.165, 1.54) is 4.90 Å². The highest BCUT2D eigenvalue weighted by atomic mass is 16.5. The zero-order valence-corrected chi connectivity index (χ0v) is 12.7. The van der Waals surface area contributed by atoms with Crippen LogP contribution in [0.25, 0.3) is 0 Å². The van der Waals surface area contributed by atoms with Crippen LogP contribution in [0.15, 0.2) is 18.2 Å². The second-order valence-electron chi connectivity index (χ2n) is 5.82. The Morgan fingerprint density at radius 3 is 2.77 bits per heavy atom. The Kier molecular flexibility index (Phi) is 3.92. The van der Waals surface area contributed by atoms with Crippen molar-refractivity contribution in [2.24, 2.45) is 0 Å². The van der Waals surface area contributed by atoms with Crippen LogP contribution in [0.5, 0.6) is 5.75 Å². The lowest BCUT2D eigenvalue weighted by Crippen LogP contribution is -2.50. The van der Waals surface area contributed by atoms with E-state index in [0.29, 0.717) is 17.1 Å². The van der Waals surface area contributed by atoms with E-state index in [0.717, 1.165) is 32.4 Å². The number of hydrogen-bond donors (Lipinski definition) is 1. The minimum Gasteiger partial charge on any atom is -0.479 e. The van der Waals surface area contributed by atoms with Crippen molar-refractivity contribution < 1.29 is 14.3 Å². The first-order valence-corrected chi connectivity index (χ1v) is 7.72. The highest BCUT2D eigenvalue weighted by Gasteiger charge is 2.35. The highest BCUT2D eigenvalue weighted by molar-refractivity contribution is 6.06. The average Bonchev–Trinajstić information content (AvgIpc) is 2.52. The van der Waals surface area contributed by atoms with E-state index in [-0.39, 0.29) is 18.4 Å². The van der Waals surface area contributed by atoms with Crippen molar-refractivity contribution in [2.75, 3.05) is 30.3 Å². The number of piperidine rings is 1. The standard InChI is InChI=1S/C16H21N3O3/c1-11-16(21)19(10-14(20)18-8-3-2-4-9-18)15-12(17)6-5-7-13(15)22-11/h5-7,11H,2-4,8-10,17H2,1H3. The molecule has 0 aliphatic carbocycles. The van der Waals surface area contributed by atoms with E-state index in [9.17, 15) is 9.59 Å². The van der Waals surface area contributed by atoms with Gasteiger partial charge in [-0.05, 0) is 38.3 Å². The number of nitrogens with two attached hydrogens (primary N) is 1. The Hall–Kier alpha value is -2.24. The normalized spacial score (nSPS) is 21.3. The first-order chi connectivity index (χ1) is 10.6. The topological polar surface area (TPSA) is 75.9 Å². The number of nitrogens with zero attached hydrogens (tertiary/aromatic N) is 2. The number of fused-ring (bicyclic) bond motifs is 1. The van der Waals surface area contributed by atoms with Crippen molar-refractivity contribution in [1.82, 2.24) is 4.90 Å². The van der Waals surface area contributed by atoms with Crippen molar-refractivity contribution in [3.8, 4) is 5.75 Å². The van der Waals surface area contributed by atoms with Crippen LogP contribution in [0.2, 0.25) is 0 Å². The highest BCUT2D eigenvalue weighted by Crippen LogP contribution is 2.38. The number of rotatable bonds is 2. The smallest absolute Gasteiger partial charge is 0.268 e. The van der Waals surface area contributed by atoms with Crippen molar-refractivity contribution in [3.63, 3.8) is 0 Å². The van der Waals surface area contributed by atoms with E-state index in [1.54, 1.807) is 25.1 Å². The predicted octanol–water partition coefficient (Wildman–Crippen LogP) is 1.40. The number of ether oxygens (including phenoxy) is 1. The molecular weight excluding hydrogens is 282 g/mol. The summed E-state index contributed by atoms with van der Waals surface area (Å²) in [5, 5.41) is 0. The van der Waals surface area contributed by atoms with Gasteiger partial charge in [0.15, 0.2) is 6.10 Å². The van der Waals surface area contributed by atoms with Gasteiger partial charge in [0.05, 0.1) is 5.69 Å². The number of likely N-dealkylation sites (tertiary alicyclic amines) is 1. The third-order valence-corrected chi connectivity index (χ3v) is 4.22. The molecule has 0 saturated carbocycles. The molecule has 0 radical (unpaired) electrons. The molecule has 1 aromatic carbocycles. The Morgan fingerprint density at radius 1 is 1.32 bits per heavy atom. The lowest BCUT2D eigenvalue weighted by molar-refractivity contribution is -0.133. The SMILES string of the molecule is CC1Oc2cccc(N)c2N(CC(=O)N2CCCCC2)C1=O. The third kappa shape index (κ3) is 2.61. The maximum atomic E-state index is 12.5. The average molecular weight is 303 g/mol. The van der Waals surface area contributed by atoms with Crippen molar-refractivity contribution >= 4 is 23.2 Å². The molecule has 2 amide bonds. The van der Waals surface area contributed by atoms with E-state index in [2.05, 4.69) is 0 Å². The summed E-state index contributed by atoms with van der Waals surface area (Å²) in [4.78, 5) is 28.2. The Morgan fingerprint density at radius 2 is 2.05 bits per heavy atom. The molecule has 0 aromatic heterocycles. The summed E-state index contributed by atoms with van der Waals surface area (Å²) in [6.45, 7) is 3.24. The third-order valence-electron chi connectivity index (χ3n) is 4.22. The zero-order chi connectivity index (χ0) is 15.7.